The largest absolute Gasteiger partial charge is 0.480 e. The lowest BCUT2D eigenvalue weighted by atomic mass is 10.0. The Morgan fingerprint density at radius 1 is 1.27 bits per heavy atom. The van der Waals surface area contributed by atoms with Gasteiger partial charge in [0.05, 0.1) is 11.6 Å². The van der Waals surface area contributed by atoms with E-state index < -0.39 is 17.7 Å². The Hall–Kier alpha value is -2.68. The van der Waals surface area contributed by atoms with Crippen LogP contribution < -0.4 is 0 Å². The number of likely N-dealkylation sites (tertiary alicyclic amines) is 1. The molecule has 6 nitrogen and oxygen atoms in total. The summed E-state index contributed by atoms with van der Waals surface area (Å²) in [6, 6.07) is 4.43. The van der Waals surface area contributed by atoms with Gasteiger partial charge >= 0.3 is 12.1 Å². The van der Waals surface area contributed by atoms with Crippen LogP contribution in [0.15, 0.2) is 36.4 Å². The molecule has 1 N–H and O–H groups in total. The summed E-state index contributed by atoms with van der Waals surface area (Å²) in [5.74, 6) is -1.40. The zero-order valence-corrected chi connectivity index (χ0v) is 16.4. The van der Waals surface area contributed by atoms with E-state index in [0.29, 0.717) is 32.2 Å². The Morgan fingerprint density at radius 2 is 2.03 bits per heavy atom. The highest BCUT2D eigenvalue weighted by Gasteiger charge is 2.30. The average Bonchev–Trinajstić information content (AvgIpc) is 3.02. The van der Waals surface area contributed by atoms with E-state index in [4.69, 9.17) is 9.84 Å². The Balaban J connectivity index is 1.84. The zero-order chi connectivity index (χ0) is 22.1. The van der Waals surface area contributed by atoms with Crippen LogP contribution in [0.1, 0.15) is 36.8 Å². The van der Waals surface area contributed by atoms with Gasteiger partial charge in [0.25, 0.3) is 0 Å². The molecule has 1 fully saturated rings. The summed E-state index contributed by atoms with van der Waals surface area (Å²) in [6.07, 6.45) is 0.512. The van der Waals surface area contributed by atoms with Crippen LogP contribution in [0.4, 0.5) is 13.2 Å². The monoisotopic (exact) mass is 427 g/mol. The van der Waals surface area contributed by atoms with Crippen molar-refractivity contribution >= 4 is 17.7 Å². The lowest BCUT2D eigenvalue weighted by Gasteiger charge is -2.22. The van der Waals surface area contributed by atoms with E-state index in [2.05, 4.69) is 0 Å². The van der Waals surface area contributed by atoms with Gasteiger partial charge in [-0.1, -0.05) is 24.3 Å². The molecule has 1 aromatic carbocycles. The summed E-state index contributed by atoms with van der Waals surface area (Å²) in [5.41, 5.74) is -0.517. The summed E-state index contributed by atoms with van der Waals surface area (Å²) in [7, 11) is 0. The number of unbranched alkanes of at least 4 members (excludes halogenated alkanes) is 1. The summed E-state index contributed by atoms with van der Waals surface area (Å²) in [5, 5.41) is 8.50. The number of hydrogen-bond acceptors (Lipinski definition) is 4. The number of carbonyl (C=O) groups is 3. The van der Waals surface area contributed by atoms with Crippen molar-refractivity contribution in [3.8, 4) is 0 Å². The molecule has 1 saturated heterocycles. The molecule has 30 heavy (non-hydrogen) atoms. The van der Waals surface area contributed by atoms with Crippen molar-refractivity contribution in [2.45, 2.75) is 44.3 Å². The quantitative estimate of drug-likeness (QED) is 0.433. The van der Waals surface area contributed by atoms with E-state index >= 15 is 0 Å². The first kappa shape index (κ1) is 23.6. The number of carbonyl (C=O) groups excluding carboxylic acids is 2. The van der Waals surface area contributed by atoms with Crippen molar-refractivity contribution in [3.63, 3.8) is 0 Å². The number of nitrogens with zero attached hydrogens (tertiary/aromatic N) is 1. The van der Waals surface area contributed by atoms with Crippen molar-refractivity contribution in [1.82, 2.24) is 4.90 Å². The molecule has 1 atom stereocenters. The van der Waals surface area contributed by atoms with Gasteiger partial charge in [0.15, 0.2) is 5.78 Å². The number of hydrogen-bond donors (Lipinski definition) is 1. The molecule has 1 aliphatic rings. The van der Waals surface area contributed by atoms with Crippen molar-refractivity contribution in [2.75, 3.05) is 19.8 Å². The molecule has 2 rings (SSSR count). The van der Waals surface area contributed by atoms with Crippen LogP contribution in [0.2, 0.25) is 0 Å². The van der Waals surface area contributed by atoms with Crippen molar-refractivity contribution in [1.29, 1.82) is 0 Å². The van der Waals surface area contributed by atoms with Gasteiger partial charge in [0.1, 0.15) is 6.61 Å². The van der Waals surface area contributed by atoms with E-state index in [0.717, 1.165) is 12.1 Å². The van der Waals surface area contributed by atoms with E-state index in [9.17, 15) is 27.6 Å². The number of allylic oxidation sites excluding steroid dienone is 1. The maximum Gasteiger partial charge on any atom is 0.416 e. The first-order valence-electron chi connectivity index (χ1n) is 9.63. The fraction of sp³-hybridized carbons (Fsp3) is 0.476. The summed E-state index contributed by atoms with van der Waals surface area (Å²) < 4.78 is 43.3. The minimum absolute atomic E-state index is 0.0265. The topological polar surface area (TPSA) is 83.9 Å². The standard InChI is InChI=1S/C21H24F3NO5/c22-21(23,24)16-5-3-4-15(12-16)13-18(26)8-6-17-7-9-19(27)25(17)10-1-2-11-30-14-20(28)29/h3-6,8,12,17H,1-2,7,9-11,13-14H2,(H,28,29)/b8-6+/t17-/m0/s1. The van der Waals surface area contributed by atoms with Crippen LogP contribution in [0.5, 0.6) is 0 Å². The molecule has 0 saturated carbocycles. The molecule has 9 heteroatoms. The van der Waals surface area contributed by atoms with Gasteiger partial charge in [-0.25, -0.2) is 4.79 Å². The molecule has 0 spiro atoms. The molecule has 0 aliphatic carbocycles. The van der Waals surface area contributed by atoms with E-state index in [1.54, 1.807) is 11.0 Å². The zero-order valence-electron chi connectivity index (χ0n) is 16.4. The predicted molar refractivity (Wildman–Crippen MR) is 102 cm³/mol. The Kier molecular flexibility index (Phi) is 8.58. The van der Waals surface area contributed by atoms with E-state index in [-0.39, 0.29) is 42.9 Å². The highest BCUT2D eigenvalue weighted by molar-refractivity contribution is 5.91. The highest BCUT2D eigenvalue weighted by Crippen LogP contribution is 2.29. The minimum Gasteiger partial charge on any atom is -0.480 e. The van der Waals surface area contributed by atoms with Gasteiger partial charge in [-0.2, -0.15) is 13.2 Å². The number of benzene rings is 1. The second-order valence-corrected chi connectivity index (χ2v) is 7.05. The number of ketones is 1. The molecule has 0 aromatic heterocycles. The molecule has 1 heterocycles. The van der Waals surface area contributed by atoms with Crippen LogP contribution in [0.3, 0.4) is 0 Å². The van der Waals surface area contributed by atoms with E-state index in [1.165, 1.54) is 18.2 Å². The molecule has 0 bridgehead atoms. The first-order chi connectivity index (χ1) is 14.2. The highest BCUT2D eigenvalue weighted by atomic mass is 19.4. The summed E-state index contributed by atoms with van der Waals surface area (Å²) in [4.78, 5) is 36.2. The van der Waals surface area contributed by atoms with Crippen LogP contribution in [0.25, 0.3) is 0 Å². The molecule has 164 valence electrons. The second-order valence-electron chi connectivity index (χ2n) is 7.05. The Morgan fingerprint density at radius 3 is 2.73 bits per heavy atom. The molecule has 1 aliphatic heterocycles. The number of carboxylic acid groups (broad SMARTS) is 1. The van der Waals surface area contributed by atoms with Gasteiger partial charge < -0.3 is 14.7 Å². The molecule has 1 aromatic rings. The predicted octanol–water partition coefficient (Wildman–Crippen LogP) is 3.25. The Bertz CT molecular complexity index is 791. The fourth-order valence-corrected chi connectivity index (χ4v) is 3.23. The lowest BCUT2D eigenvalue weighted by Crippen LogP contribution is -2.33. The third-order valence-electron chi connectivity index (χ3n) is 4.67. The van der Waals surface area contributed by atoms with Crippen molar-refractivity contribution in [3.05, 3.63) is 47.5 Å². The van der Waals surface area contributed by atoms with Gasteiger partial charge in [-0.15, -0.1) is 0 Å². The molecular formula is C21H24F3NO5. The third kappa shape index (κ3) is 7.62. The maximum atomic E-state index is 12.8. The first-order valence-corrected chi connectivity index (χ1v) is 9.63. The summed E-state index contributed by atoms with van der Waals surface area (Å²) >= 11 is 0. The van der Waals surface area contributed by atoms with Gasteiger partial charge in [0, 0.05) is 26.0 Å². The minimum atomic E-state index is -4.46. The molecule has 0 radical (unpaired) electrons. The van der Waals surface area contributed by atoms with Crippen LogP contribution in [-0.2, 0) is 31.7 Å². The van der Waals surface area contributed by atoms with Crippen molar-refractivity contribution in [2.24, 2.45) is 0 Å². The third-order valence-corrected chi connectivity index (χ3v) is 4.67. The van der Waals surface area contributed by atoms with Crippen molar-refractivity contribution < 1.29 is 37.4 Å². The van der Waals surface area contributed by atoms with Crippen LogP contribution in [0, 0.1) is 0 Å². The molecule has 1 amide bonds. The number of aliphatic carboxylic acids is 1. The fourth-order valence-electron chi connectivity index (χ4n) is 3.23. The number of amides is 1. The molecular weight excluding hydrogens is 403 g/mol. The average molecular weight is 427 g/mol. The maximum absolute atomic E-state index is 12.8. The number of ether oxygens (including phenoxy) is 1. The SMILES string of the molecule is O=C(O)COCCCCN1C(=O)CC[C@@H]1/C=C/C(=O)Cc1cccc(C(F)(F)F)c1. The smallest absolute Gasteiger partial charge is 0.416 e. The number of halogens is 3. The number of rotatable bonds is 11. The van der Waals surface area contributed by atoms with Gasteiger partial charge in [0.2, 0.25) is 5.91 Å². The van der Waals surface area contributed by atoms with Crippen LogP contribution in [-0.4, -0.2) is 53.5 Å². The van der Waals surface area contributed by atoms with Gasteiger partial charge in [-0.05, 0) is 37.0 Å². The van der Waals surface area contributed by atoms with E-state index in [1.807, 2.05) is 0 Å². The molecule has 0 unspecified atom stereocenters. The second kappa shape index (κ2) is 10.9. The van der Waals surface area contributed by atoms with Gasteiger partial charge in [-0.3, -0.25) is 9.59 Å². The van der Waals surface area contributed by atoms with Crippen LogP contribution >= 0.6 is 0 Å². The lowest BCUT2D eigenvalue weighted by molar-refractivity contribution is -0.142. The number of carboxylic acids is 1. The normalized spacial score (nSPS) is 17.1. The Labute approximate surface area is 172 Å². The number of alkyl halides is 3. The summed E-state index contributed by atoms with van der Waals surface area (Å²) in [6.45, 7) is 0.387.